The third-order valence-corrected chi connectivity index (χ3v) is 5.36. The van der Waals surface area contributed by atoms with E-state index in [1.54, 1.807) is 6.07 Å². The second kappa shape index (κ2) is 7.36. The minimum absolute atomic E-state index is 0.201. The molecule has 0 radical (unpaired) electrons. The third kappa shape index (κ3) is 3.50. The van der Waals surface area contributed by atoms with E-state index in [0.29, 0.717) is 16.5 Å². The highest BCUT2D eigenvalue weighted by Gasteiger charge is 2.16. The maximum atomic E-state index is 12.6. The van der Waals surface area contributed by atoms with E-state index in [0.717, 1.165) is 34.7 Å². The number of aryl methyl sites for hydroxylation is 2. The molecule has 0 aliphatic carbocycles. The zero-order chi connectivity index (χ0) is 18.8. The molecule has 1 aliphatic rings. The molecular weight excluding hydrogens is 358 g/mol. The lowest BCUT2D eigenvalue weighted by Gasteiger charge is -2.13. The SMILES string of the molecule is CCc1nc2ccc(C(=O)NC3=NN=C(c4ccccc4)CS3)cn2c1C. The number of fused-ring (bicyclic) bond motifs is 1. The van der Waals surface area contributed by atoms with Gasteiger partial charge in [0, 0.05) is 17.6 Å². The van der Waals surface area contributed by atoms with Crippen LogP contribution in [-0.4, -0.2) is 31.9 Å². The van der Waals surface area contributed by atoms with Gasteiger partial charge in [0.1, 0.15) is 5.65 Å². The highest BCUT2D eigenvalue weighted by atomic mass is 32.2. The van der Waals surface area contributed by atoms with Gasteiger partial charge in [0.05, 0.1) is 17.0 Å². The van der Waals surface area contributed by atoms with Gasteiger partial charge >= 0.3 is 0 Å². The van der Waals surface area contributed by atoms with Crippen molar-refractivity contribution in [1.29, 1.82) is 0 Å². The first-order valence-corrected chi connectivity index (χ1v) is 9.76. The van der Waals surface area contributed by atoms with Gasteiger partial charge in [-0.05, 0) is 31.0 Å². The fourth-order valence-corrected chi connectivity index (χ4v) is 3.74. The molecule has 136 valence electrons. The number of carbonyl (C=O) groups is 1. The molecule has 3 heterocycles. The Morgan fingerprint density at radius 2 is 2.00 bits per heavy atom. The van der Waals surface area contributed by atoms with Crippen molar-refractivity contribution in [1.82, 2.24) is 14.7 Å². The van der Waals surface area contributed by atoms with E-state index in [-0.39, 0.29) is 5.91 Å². The Bertz CT molecular complexity index is 1070. The van der Waals surface area contributed by atoms with E-state index in [1.165, 1.54) is 11.8 Å². The molecule has 1 aliphatic heterocycles. The summed E-state index contributed by atoms with van der Waals surface area (Å²) < 4.78 is 1.95. The number of aromatic nitrogens is 2. The standard InChI is InChI=1S/C20H19N5OS/c1-3-16-13(2)25-11-15(9-10-18(25)21-16)19(26)22-20-24-23-17(12-27-20)14-7-5-4-6-8-14/h4-11H,3,12H2,1-2H3,(H,22,24,26). The molecule has 0 saturated heterocycles. The van der Waals surface area contributed by atoms with Crippen LogP contribution in [0.25, 0.3) is 5.65 Å². The summed E-state index contributed by atoms with van der Waals surface area (Å²) in [5.41, 5.74) is 5.47. The van der Waals surface area contributed by atoms with Gasteiger partial charge in [0.25, 0.3) is 5.91 Å². The van der Waals surface area contributed by atoms with Crippen LogP contribution in [0.15, 0.2) is 58.9 Å². The van der Waals surface area contributed by atoms with Crippen LogP contribution in [0.5, 0.6) is 0 Å². The second-order valence-electron chi connectivity index (χ2n) is 6.20. The van der Waals surface area contributed by atoms with E-state index in [1.807, 2.05) is 53.9 Å². The Morgan fingerprint density at radius 1 is 1.19 bits per heavy atom. The maximum Gasteiger partial charge on any atom is 0.258 e. The lowest BCUT2D eigenvalue weighted by atomic mass is 10.1. The van der Waals surface area contributed by atoms with E-state index in [4.69, 9.17) is 0 Å². The molecule has 7 heteroatoms. The molecule has 1 amide bonds. The van der Waals surface area contributed by atoms with Gasteiger partial charge in [0.15, 0.2) is 5.17 Å². The number of hydrogen-bond donors (Lipinski definition) is 1. The number of nitrogens with one attached hydrogen (secondary N) is 1. The number of hydrogen-bond acceptors (Lipinski definition) is 5. The highest BCUT2D eigenvalue weighted by molar-refractivity contribution is 8.14. The van der Waals surface area contributed by atoms with Crippen molar-refractivity contribution in [3.05, 3.63) is 71.2 Å². The predicted octanol–water partition coefficient (Wildman–Crippen LogP) is 3.44. The quantitative estimate of drug-likeness (QED) is 0.760. The average molecular weight is 377 g/mol. The Labute approximate surface area is 161 Å². The smallest absolute Gasteiger partial charge is 0.258 e. The molecule has 1 aromatic carbocycles. The normalized spacial score (nSPS) is 14.0. The first-order chi connectivity index (χ1) is 13.2. The van der Waals surface area contributed by atoms with Gasteiger partial charge in [-0.15, -0.1) is 5.10 Å². The number of nitrogens with zero attached hydrogens (tertiary/aromatic N) is 4. The summed E-state index contributed by atoms with van der Waals surface area (Å²) in [6.07, 6.45) is 2.68. The lowest BCUT2D eigenvalue weighted by molar-refractivity contribution is 0.0977. The van der Waals surface area contributed by atoms with Crippen molar-refractivity contribution in [2.75, 3.05) is 5.75 Å². The van der Waals surface area contributed by atoms with E-state index in [2.05, 4.69) is 27.4 Å². The molecular formula is C20H19N5OS. The molecule has 27 heavy (non-hydrogen) atoms. The molecule has 3 aromatic rings. The Balaban J connectivity index is 1.53. The van der Waals surface area contributed by atoms with Crippen molar-refractivity contribution >= 4 is 34.2 Å². The molecule has 0 atom stereocenters. The predicted molar refractivity (Wildman–Crippen MR) is 110 cm³/mol. The van der Waals surface area contributed by atoms with Crippen LogP contribution < -0.4 is 5.32 Å². The minimum atomic E-state index is -0.201. The van der Waals surface area contributed by atoms with Gasteiger partial charge < -0.3 is 4.40 Å². The summed E-state index contributed by atoms with van der Waals surface area (Å²) in [5.74, 6) is 0.468. The van der Waals surface area contributed by atoms with Crippen molar-refractivity contribution in [3.63, 3.8) is 0 Å². The number of amides is 1. The zero-order valence-electron chi connectivity index (χ0n) is 15.1. The van der Waals surface area contributed by atoms with Crippen molar-refractivity contribution in [2.24, 2.45) is 10.2 Å². The van der Waals surface area contributed by atoms with Crippen LogP contribution in [0.2, 0.25) is 0 Å². The lowest BCUT2D eigenvalue weighted by Crippen LogP contribution is -2.30. The van der Waals surface area contributed by atoms with E-state index >= 15 is 0 Å². The molecule has 0 saturated carbocycles. The number of pyridine rings is 1. The van der Waals surface area contributed by atoms with Crippen LogP contribution in [0.1, 0.15) is 34.2 Å². The Morgan fingerprint density at radius 3 is 2.70 bits per heavy atom. The van der Waals surface area contributed by atoms with Gasteiger partial charge in [0.2, 0.25) is 0 Å². The van der Waals surface area contributed by atoms with Crippen molar-refractivity contribution < 1.29 is 4.79 Å². The summed E-state index contributed by atoms with van der Waals surface area (Å²) in [4.78, 5) is 17.2. The summed E-state index contributed by atoms with van der Waals surface area (Å²) in [6, 6.07) is 13.6. The fourth-order valence-electron chi connectivity index (χ4n) is 2.98. The molecule has 1 N–H and O–H groups in total. The van der Waals surface area contributed by atoms with Crippen LogP contribution >= 0.6 is 11.8 Å². The molecule has 0 spiro atoms. The number of imidazole rings is 1. The van der Waals surface area contributed by atoms with Crippen LogP contribution in [0, 0.1) is 6.92 Å². The number of carbonyl (C=O) groups excluding carboxylic acids is 1. The monoisotopic (exact) mass is 377 g/mol. The highest BCUT2D eigenvalue weighted by Crippen LogP contribution is 2.16. The number of rotatable bonds is 3. The Hall–Kier alpha value is -2.93. The fraction of sp³-hybridized carbons (Fsp3) is 0.200. The van der Waals surface area contributed by atoms with Crippen molar-refractivity contribution in [3.8, 4) is 0 Å². The summed E-state index contributed by atoms with van der Waals surface area (Å²) in [6.45, 7) is 4.09. The number of amidine groups is 1. The molecule has 4 rings (SSSR count). The van der Waals surface area contributed by atoms with Crippen molar-refractivity contribution in [2.45, 2.75) is 20.3 Å². The average Bonchev–Trinajstić information content (AvgIpc) is 3.04. The van der Waals surface area contributed by atoms with Gasteiger partial charge in [-0.2, -0.15) is 5.10 Å². The topological polar surface area (TPSA) is 71.1 Å². The van der Waals surface area contributed by atoms with Crippen LogP contribution in [0.4, 0.5) is 0 Å². The largest absolute Gasteiger partial charge is 0.303 e. The molecule has 0 bridgehead atoms. The van der Waals surface area contributed by atoms with Gasteiger partial charge in [-0.25, -0.2) is 4.98 Å². The first-order valence-electron chi connectivity index (χ1n) is 8.77. The third-order valence-electron chi connectivity index (χ3n) is 4.49. The van der Waals surface area contributed by atoms with E-state index in [9.17, 15) is 4.79 Å². The number of benzene rings is 1. The van der Waals surface area contributed by atoms with E-state index < -0.39 is 0 Å². The first kappa shape index (κ1) is 17.5. The summed E-state index contributed by atoms with van der Waals surface area (Å²) >= 11 is 1.47. The molecule has 0 fully saturated rings. The molecule has 2 aromatic heterocycles. The zero-order valence-corrected chi connectivity index (χ0v) is 16.0. The summed E-state index contributed by atoms with van der Waals surface area (Å²) in [5, 5.41) is 11.8. The maximum absolute atomic E-state index is 12.6. The van der Waals surface area contributed by atoms with Gasteiger partial charge in [-0.1, -0.05) is 49.0 Å². The summed E-state index contributed by atoms with van der Waals surface area (Å²) in [7, 11) is 0. The number of thioether (sulfide) groups is 1. The van der Waals surface area contributed by atoms with Gasteiger partial charge in [-0.3, -0.25) is 10.1 Å². The minimum Gasteiger partial charge on any atom is -0.303 e. The molecule has 0 unspecified atom stereocenters. The van der Waals surface area contributed by atoms with Crippen LogP contribution in [-0.2, 0) is 6.42 Å². The molecule has 6 nitrogen and oxygen atoms in total. The second-order valence-corrected chi connectivity index (χ2v) is 7.17. The Kier molecular flexibility index (Phi) is 4.77. The van der Waals surface area contributed by atoms with Crippen LogP contribution in [0.3, 0.4) is 0 Å².